The van der Waals surface area contributed by atoms with Crippen molar-refractivity contribution >= 4 is 22.9 Å². The predicted octanol–water partition coefficient (Wildman–Crippen LogP) is 3.31. The van der Waals surface area contributed by atoms with Crippen LogP contribution in [-0.4, -0.2) is 18.4 Å². The second-order valence-corrected chi connectivity index (χ2v) is 7.84. The molecule has 0 amide bonds. The topological polar surface area (TPSA) is 52.6 Å². The normalized spacial score (nSPS) is 14.5. The van der Waals surface area contributed by atoms with Gasteiger partial charge in [-0.2, -0.15) is 0 Å². The fraction of sp³-hybridized carbons (Fsp3) is 0.185. The minimum Gasteiger partial charge on any atom is -0.494 e. The Balaban J connectivity index is 1.59. The number of rotatable bonds is 6. The highest BCUT2D eigenvalue weighted by Crippen LogP contribution is 2.26. The summed E-state index contributed by atoms with van der Waals surface area (Å²) in [6.07, 6.45) is 2.42. The first-order valence-electron chi connectivity index (χ1n) is 10.6. The Morgan fingerprint density at radius 1 is 0.871 bits per heavy atom. The van der Waals surface area contributed by atoms with E-state index in [-0.39, 0.29) is 11.8 Å². The van der Waals surface area contributed by atoms with Crippen LogP contribution in [0.2, 0.25) is 0 Å². The van der Waals surface area contributed by atoms with E-state index in [1.165, 1.54) is 0 Å². The lowest BCUT2D eigenvalue weighted by molar-refractivity contribution is -0.127. The fourth-order valence-corrected chi connectivity index (χ4v) is 4.20. The summed E-state index contributed by atoms with van der Waals surface area (Å²) in [5.74, 6) is 1.03. The van der Waals surface area contributed by atoms with Crippen molar-refractivity contribution in [1.29, 1.82) is 0 Å². The molecule has 0 atom stereocenters. The molecule has 4 heteroatoms. The van der Waals surface area contributed by atoms with Crippen molar-refractivity contribution in [1.82, 2.24) is 0 Å². The van der Waals surface area contributed by atoms with Crippen molar-refractivity contribution in [3.8, 4) is 11.5 Å². The van der Waals surface area contributed by atoms with Gasteiger partial charge in [-0.3, -0.25) is 4.79 Å². The van der Waals surface area contributed by atoms with Crippen LogP contribution in [0.25, 0.3) is 11.1 Å². The second kappa shape index (κ2) is 7.88. The van der Waals surface area contributed by atoms with E-state index < -0.39 is 0 Å². The molecule has 1 aliphatic carbocycles. The van der Waals surface area contributed by atoms with Crippen molar-refractivity contribution in [3.05, 3.63) is 93.9 Å². The van der Waals surface area contributed by atoms with Gasteiger partial charge < -0.3 is 9.47 Å². The molecule has 3 aromatic rings. The first kappa shape index (κ1) is 19.3. The summed E-state index contributed by atoms with van der Waals surface area (Å²) in [4.78, 5) is 25.5. The summed E-state index contributed by atoms with van der Waals surface area (Å²) >= 11 is 0. The Kier molecular flexibility index (Phi) is 4.91. The standard InChI is InChI=1S/C27H22O4/c1-2-3-13-30-20-11-9-18(10-12-20)25-21-16-24-22(14-19(21)15-23(25)28)26(27(29)31-24)17-7-5-4-6-8-17/h4-12,14,16H,2-3,13,15H2,1H3. The summed E-state index contributed by atoms with van der Waals surface area (Å²) in [5.41, 5.74) is 3.81. The molecule has 0 fully saturated rings. The van der Waals surface area contributed by atoms with Crippen LogP contribution >= 0.6 is 0 Å². The summed E-state index contributed by atoms with van der Waals surface area (Å²) in [7, 11) is 0. The summed E-state index contributed by atoms with van der Waals surface area (Å²) < 4.78 is 11.3. The van der Waals surface area contributed by atoms with Crippen LogP contribution in [0.5, 0.6) is 11.5 Å². The molecular formula is C27H22O4. The number of unbranched alkanes of at least 4 members (excludes halogenated alkanes) is 1. The van der Waals surface area contributed by atoms with E-state index in [4.69, 9.17) is 9.47 Å². The maximum absolute atomic E-state index is 12.9. The lowest BCUT2D eigenvalue weighted by Crippen LogP contribution is -2.14. The molecule has 1 heterocycles. The van der Waals surface area contributed by atoms with Crippen molar-refractivity contribution < 1.29 is 19.1 Å². The zero-order valence-corrected chi connectivity index (χ0v) is 17.3. The Morgan fingerprint density at radius 3 is 2.35 bits per heavy atom. The molecular weight excluding hydrogens is 388 g/mol. The Hall–Kier alpha value is -3.66. The van der Waals surface area contributed by atoms with Gasteiger partial charge in [-0.15, -0.1) is 0 Å². The molecule has 0 radical (unpaired) electrons. The third-order valence-corrected chi connectivity index (χ3v) is 5.75. The molecule has 0 aromatic heterocycles. The minimum atomic E-state index is -0.355. The van der Waals surface area contributed by atoms with Crippen LogP contribution in [0.1, 0.15) is 36.5 Å². The lowest BCUT2D eigenvalue weighted by atomic mass is 10.0. The predicted molar refractivity (Wildman–Crippen MR) is 118 cm³/mol. The number of hydrogen-bond donors (Lipinski definition) is 0. The number of fused-ring (bicyclic) bond motifs is 2. The number of Topliss-reactive ketones (excluding diaryl/α,β-unsaturated/α-hetero) is 1. The average Bonchev–Trinajstić information content (AvgIpc) is 3.27. The van der Waals surface area contributed by atoms with Crippen molar-refractivity contribution in [2.75, 3.05) is 6.61 Å². The van der Waals surface area contributed by atoms with Gasteiger partial charge in [-0.25, -0.2) is 4.79 Å². The molecule has 154 valence electrons. The molecule has 4 nitrogen and oxygen atoms in total. The SMILES string of the molecule is CCCCOc1ccc(C2=c3cc4c(cc3CC2=O)=C(c2ccccc2)C(=O)O4)cc1. The maximum atomic E-state index is 12.9. The first-order valence-corrected chi connectivity index (χ1v) is 10.6. The van der Waals surface area contributed by atoms with E-state index in [1.807, 2.05) is 66.7 Å². The zero-order valence-electron chi connectivity index (χ0n) is 17.3. The van der Waals surface area contributed by atoms with Gasteiger partial charge in [0.2, 0.25) is 0 Å². The molecule has 5 rings (SSSR count). The molecule has 0 spiro atoms. The number of ketones is 1. The van der Waals surface area contributed by atoms with E-state index >= 15 is 0 Å². The van der Waals surface area contributed by atoms with E-state index in [9.17, 15) is 9.59 Å². The molecule has 0 unspecified atom stereocenters. The largest absolute Gasteiger partial charge is 0.494 e. The highest BCUT2D eigenvalue weighted by Gasteiger charge is 2.29. The molecule has 31 heavy (non-hydrogen) atoms. The quantitative estimate of drug-likeness (QED) is 0.355. The van der Waals surface area contributed by atoms with Gasteiger partial charge in [0.15, 0.2) is 5.78 Å². The van der Waals surface area contributed by atoms with Crippen LogP contribution in [0.15, 0.2) is 66.7 Å². The van der Waals surface area contributed by atoms with Gasteiger partial charge in [0.05, 0.1) is 12.2 Å². The highest BCUT2D eigenvalue weighted by atomic mass is 16.5. The third kappa shape index (κ3) is 3.44. The van der Waals surface area contributed by atoms with Gasteiger partial charge in [-0.05, 0) is 52.6 Å². The van der Waals surface area contributed by atoms with Crippen molar-refractivity contribution in [2.45, 2.75) is 26.2 Å². The number of carbonyl (C=O) groups excluding carboxylic acids is 2. The van der Waals surface area contributed by atoms with E-state index in [0.717, 1.165) is 45.7 Å². The van der Waals surface area contributed by atoms with Gasteiger partial charge in [-0.1, -0.05) is 55.8 Å². The maximum Gasteiger partial charge on any atom is 0.344 e. The van der Waals surface area contributed by atoms with Gasteiger partial charge in [0, 0.05) is 17.2 Å². The smallest absolute Gasteiger partial charge is 0.344 e. The second-order valence-electron chi connectivity index (χ2n) is 7.84. The minimum absolute atomic E-state index is 0.0749. The van der Waals surface area contributed by atoms with Crippen LogP contribution in [0, 0.1) is 0 Å². The van der Waals surface area contributed by atoms with Gasteiger partial charge in [0.1, 0.15) is 11.5 Å². The van der Waals surface area contributed by atoms with E-state index in [1.54, 1.807) is 0 Å². The molecule has 1 aliphatic heterocycles. The third-order valence-electron chi connectivity index (χ3n) is 5.75. The molecule has 0 bridgehead atoms. The number of esters is 1. The van der Waals surface area contributed by atoms with Gasteiger partial charge >= 0.3 is 5.97 Å². The van der Waals surface area contributed by atoms with Crippen LogP contribution < -0.4 is 19.9 Å². The zero-order chi connectivity index (χ0) is 21.4. The average molecular weight is 410 g/mol. The van der Waals surface area contributed by atoms with Crippen LogP contribution in [0.3, 0.4) is 0 Å². The Morgan fingerprint density at radius 2 is 1.61 bits per heavy atom. The number of carbonyl (C=O) groups is 2. The molecule has 0 N–H and O–H groups in total. The van der Waals surface area contributed by atoms with Crippen LogP contribution in [0.4, 0.5) is 0 Å². The molecule has 0 saturated carbocycles. The Labute approximate surface area is 180 Å². The van der Waals surface area contributed by atoms with Gasteiger partial charge in [0.25, 0.3) is 0 Å². The number of hydrogen-bond acceptors (Lipinski definition) is 4. The fourth-order valence-electron chi connectivity index (χ4n) is 4.20. The van der Waals surface area contributed by atoms with Crippen molar-refractivity contribution in [2.24, 2.45) is 0 Å². The molecule has 0 saturated heterocycles. The number of ether oxygens (including phenoxy) is 2. The molecule has 2 aliphatic rings. The first-order chi connectivity index (χ1) is 15.2. The summed E-state index contributed by atoms with van der Waals surface area (Å²) in [6.45, 7) is 2.81. The summed E-state index contributed by atoms with van der Waals surface area (Å²) in [6, 6.07) is 20.9. The monoisotopic (exact) mass is 410 g/mol. The van der Waals surface area contributed by atoms with Crippen LogP contribution in [-0.2, 0) is 16.0 Å². The molecule has 3 aromatic carbocycles. The van der Waals surface area contributed by atoms with E-state index in [2.05, 4.69) is 6.92 Å². The number of benzene rings is 3. The van der Waals surface area contributed by atoms with Crippen molar-refractivity contribution in [3.63, 3.8) is 0 Å². The summed E-state index contributed by atoms with van der Waals surface area (Å²) in [5, 5.41) is 1.59. The lowest BCUT2D eigenvalue weighted by Gasteiger charge is -2.07. The van der Waals surface area contributed by atoms with E-state index in [0.29, 0.717) is 29.9 Å². The Bertz CT molecular complexity index is 1300. The highest BCUT2D eigenvalue weighted by molar-refractivity contribution is 6.24.